The maximum absolute atomic E-state index is 5.58. The summed E-state index contributed by atoms with van der Waals surface area (Å²) >= 11 is 3.44. The summed E-state index contributed by atoms with van der Waals surface area (Å²) in [5.41, 5.74) is 4.19. The Bertz CT molecular complexity index is 876. The number of nitrogens with zero attached hydrogens (tertiary/aromatic N) is 2. The van der Waals surface area contributed by atoms with Gasteiger partial charge in [-0.2, -0.15) is 0 Å². The molecule has 2 aromatic carbocycles. The molecule has 0 bridgehead atoms. The molecule has 0 atom stereocenters. The molecule has 0 fully saturated rings. The first-order chi connectivity index (χ1) is 12.6. The number of hydrogen-bond acceptors (Lipinski definition) is 3. The highest BCUT2D eigenvalue weighted by atomic mass is 127. The SMILES string of the molecule is CN=C(NCc1ccc(Br)cc1)NCc1coc(-c2ccc(C)cc2)n1.I. The first-order valence-electron chi connectivity index (χ1n) is 8.34. The van der Waals surface area contributed by atoms with Crippen LogP contribution in [-0.4, -0.2) is 18.0 Å². The van der Waals surface area contributed by atoms with Gasteiger partial charge in [-0.3, -0.25) is 4.99 Å². The van der Waals surface area contributed by atoms with Crippen LogP contribution in [0.3, 0.4) is 0 Å². The van der Waals surface area contributed by atoms with Gasteiger partial charge in [-0.25, -0.2) is 4.98 Å². The summed E-state index contributed by atoms with van der Waals surface area (Å²) < 4.78 is 6.65. The van der Waals surface area contributed by atoms with Crippen molar-refractivity contribution in [2.24, 2.45) is 4.99 Å². The third kappa shape index (κ3) is 6.35. The van der Waals surface area contributed by atoms with Crippen molar-refractivity contribution in [1.29, 1.82) is 0 Å². The summed E-state index contributed by atoms with van der Waals surface area (Å²) in [4.78, 5) is 8.76. The van der Waals surface area contributed by atoms with Crippen molar-refractivity contribution in [2.75, 3.05) is 7.05 Å². The quantitative estimate of drug-likeness (QED) is 0.274. The van der Waals surface area contributed by atoms with E-state index in [1.54, 1.807) is 13.3 Å². The number of hydrogen-bond donors (Lipinski definition) is 2. The number of halogens is 2. The van der Waals surface area contributed by atoms with E-state index in [0.717, 1.165) is 15.7 Å². The van der Waals surface area contributed by atoms with Crippen molar-refractivity contribution in [3.63, 3.8) is 0 Å². The van der Waals surface area contributed by atoms with E-state index in [4.69, 9.17) is 4.42 Å². The van der Waals surface area contributed by atoms with Crippen LogP contribution in [0.2, 0.25) is 0 Å². The molecule has 0 radical (unpaired) electrons. The molecule has 7 heteroatoms. The lowest BCUT2D eigenvalue weighted by molar-refractivity contribution is 0.572. The Morgan fingerprint density at radius 2 is 1.70 bits per heavy atom. The third-order valence-corrected chi connectivity index (χ3v) is 4.41. The fourth-order valence-electron chi connectivity index (χ4n) is 2.40. The summed E-state index contributed by atoms with van der Waals surface area (Å²) in [5, 5.41) is 6.53. The Morgan fingerprint density at radius 1 is 1.04 bits per heavy atom. The second kappa shape index (κ2) is 10.5. The van der Waals surface area contributed by atoms with Gasteiger partial charge in [-0.05, 0) is 36.8 Å². The van der Waals surface area contributed by atoms with Gasteiger partial charge in [0, 0.05) is 23.6 Å². The van der Waals surface area contributed by atoms with E-state index >= 15 is 0 Å². The predicted molar refractivity (Wildman–Crippen MR) is 123 cm³/mol. The molecule has 2 N–H and O–H groups in total. The van der Waals surface area contributed by atoms with Gasteiger partial charge in [0.2, 0.25) is 5.89 Å². The number of aliphatic imine (C=N–C) groups is 1. The van der Waals surface area contributed by atoms with E-state index in [9.17, 15) is 0 Å². The number of oxazole rings is 1. The molecule has 0 saturated heterocycles. The number of benzene rings is 2. The topological polar surface area (TPSA) is 62.5 Å². The number of rotatable bonds is 5. The van der Waals surface area contributed by atoms with Crippen LogP contribution in [0.15, 0.2) is 68.7 Å². The van der Waals surface area contributed by atoms with Gasteiger partial charge < -0.3 is 15.1 Å². The molecule has 0 amide bonds. The summed E-state index contributed by atoms with van der Waals surface area (Å²) in [7, 11) is 1.75. The van der Waals surface area contributed by atoms with E-state index in [0.29, 0.717) is 24.9 Å². The van der Waals surface area contributed by atoms with Crippen LogP contribution >= 0.6 is 39.9 Å². The molecule has 0 aliphatic carbocycles. The monoisotopic (exact) mass is 540 g/mol. The minimum atomic E-state index is 0. The largest absolute Gasteiger partial charge is 0.444 e. The molecule has 1 heterocycles. The van der Waals surface area contributed by atoms with E-state index in [1.807, 2.05) is 36.4 Å². The minimum Gasteiger partial charge on any atom is -0.444 e. The van der Waals surface area contributed by atoms with E-state index < -0.39 is 0 Å². The summed E-state index contributed by atoms with van der Waals surface area (Å²) in [6.07, 6.45) is 1.67. The number of aryl methyl sites for hydroxylation is 1. The fourth-order valence-corrected chi connectivity index (χ4v) is 2.66. The van der Waals surface area contributed by atoms with E-state index in [2.05, 4.69) is 55.6 Å². The van der Waals surface area contributed by atoms with Gasteiger partial charge in [0.1, 0.15) is 6.26 Å². The molecule has 142 valence electrons. The number of guanidine groups is 1. The van der Waals surface area contributed by atoms with Gasteiger partial charge in [-0.1, -0.05) is 45.8 Å². The predicted octanol–water partition coefficient (Wildman–Crippen LogP) is 4.90. The Balaban J connectivity index is 0.00000261. The van der Waals surface area contributed by atoms with E-state index in [-0.39, 0.29) is 24.0 Å². The Kier molecular flexibility index (Phi) is 8.30. The summed E-state index contributed by atoms with van der Waals surface area (Å²) in [6.45, 7) is 3.29. The van der Waals surface area contributed by atoms with Crippen LogP contribution < -0.4 is 10.6 Å². The van der Waals surface area contributed by atoms with Gasteiger partial charge >= 0.3 is 0 Å². The maximum atomic E-state index is 5.58. The zero-order chi connectivity index (χ0) is 18.4. The molecule has 5 nitrogen and oxygen atoms in total. The highest BCUT2D eigenvalue weighted by Gasteiger charge is 2.07. The standard InChI is InChI=1S/C20H21BrN4O.HI/c1-14-3-7-16(8-4-14)19-25-18(13-26-19)12-24-20(22-2)23-11-15-5-9-17(21)10-6-15;/h3-10,13H,11-12H2,1-2H3,(H2,22,23,24);1H. The molecule has 0 saturated carbocycles. The molecule has 0 aliphatic heterocycles. The lowest BCUT2D eigenvalue weighted by atomic mass is 10.1. The third-order valence-electron chi connectivity index (χ3n) is 3.88. The molecule has 3 rings (SSSR count). The van der Waals surface area contributed by atoms with Gasteiger partial charge in [-0.15, -0.1) is 24.0 Å². The summed E-state index contributed by atoms with van der Waals surface area (Å²) in [6, 6.07) is 16.3. The second-order valence-corrected chi connectivity index (χ2v) is 6.83. The number of nitrogens with one attached hydrogen (secondary N) is 2. The maximum Gasteiger partial charge on any atom is 0.226 e. The van der Waals surface area contributed by atoms with Crippen LogP contribution in [0.1, 0.15) is 16.8 Å². The Morgan fingerprint density at radius 3 is 2.37 bits per heavy atom. The van der Waals surface area contributed by atoms with Crippen molar-refractivity contribution in [3.05, 3.63) is 76.1 Å². The van der Waals surface area contributed by atoms with Crippen LogP contribution in [0.25, 0.3) is 11.5 Å². The zero-order valence-electron chi connectivity index (χ0n) is 15.2. The fraction of sp³-hybridized carbons (Fsp3) is 0.200. The molecular weight excluding hydrogens is 519 g/mol. The zero-order valence-corrected chi connectivity index (χ0v) is 19.1. The molecule has 0 aliphatic rings. The molecule has 1 aromatic heterocycles. The first-order valence-corrected chi connectivity index (χ1v) is 9.14. The number of aromatic nitrogens is 1. The van der Waals surface area contributed by atoms with Crippen molar-refractivity contribution in [3.8, 4) is 11.5 Å². The highest BCUT2D eigenvalue weighted by Crippen LogP contribution is 2.19. The van der Waals surface area contributed by atoms with E-state index in [1.165, 1.54) is 11.1 Å². The van der Waals surface area contributed by atoms with Gasteiger partial charge in [0.25, 0.3) is 0 Å². The lowest BCUT2D eigenvalue weighted by Gasteiger charge is -2.10. The van der Waals surface area contributed by atoms with Crippen LogP contribution in [-0.2, 0) is 13.1 Å². The van der Waals surface area contributed by atoms with Crippen LogP contribution in [0, 0.1) is 6.92 Å². The normalized spacial score (nSPS) is 11.0. The summed E-state index contributed by atoms with van der Waals surface area (Å²) in [5.74, 6) is 1.34. The van der Waals surface area contributed by atoms with Gasteiger partial charge in [0.05, 0.1) is 12.2 Å². The van der Waals surface area contributed by atoms with Crippen molar-refractivity contribution in [2.45, 2.75) is 20.0 Å². The Hall–Kier alpha value is -1.87. The smallest absolute Gasteiger partial charge is 0.226 e. The minimum absolute atomic E-state index is 0. The molecule has 27 heavy (non-hydrogen) atoms. The average Bonchev–Trinajstić information content (AvgIpc) is 3.13. The average molecular weight is 541 g/mol. The molecular formula is C20H22BrIN4O. The highest BCUT2D eigenvalue weighted by molar-refractivity contribution is 14.0. The van der Waals surface area contributed by atoms with Crippen molar-refractivity contribution in [1.82, 2.24) is 15.6 Å². The molecule has 3 aromatic rings. The second-order valence-electron chi connectivity index (χ2n) is 5.92. The van der Waals surface area contributed by atoms with Gasteiger partial charge in [0.15, 0.2) is 5.96 Å². The molecule has 0 unspecified atom stereocenters. The Labute approximate surface area is 184 Å². The molecule has 0 spiro atoms. The lowest BCUT2D eigenvalue weighted by Crippen LogP contribution is -2.36. The first kappa shape index (κ1) is 21.4. The van der Waals surface area contributed by atoms with Crippen molar-refractivity contribution >= 4 is 45.9 Å². The van der Waals surface area contributed by atoms with Crippen LogP contribution in [0.4, 0.5) is 0 Å². The van der Waals surface area contributed by atoms with Crippen LogP contribution in [0.5, 0.6) is 0 Å². The van der Waals surface area contributed by atoms with Crippen molar-refractivity contribution < 1.29 is 4.42 Å².